The molecule has 0 radical (unpaired) electrons. The molecule has 10 heteroatoms. The summed E-state index contributed by atoms with van der Waals surface area (Å²) in [5, 5.41) is 21.5. The van der Waals surface area contributed by atoms with Gasteiger partial charge in [0.25, 0.3) is 11.7 Å². The first-order valence-corrected chi connectivity index (χ1v) is 12.3. The summed E-state index contributed by atoms with van der Waals surface area (Å²) < 4.78 is 21.9. The van der Waals surface area contributed by atoms with E-state index in [2.05, 4.69) is 4.90 Å². The molecule has 1 amide bonds. The number of benzene rings is 2. The van der Waals surface area contributed by atoms with E-state index in [4.69, 9.17) is 18.9 Å². The number of ether oxygens (including phenoxy) is 4. The van der Waals surface area contributed by atoms with Gasteiger partial charge in [0.05, 0.1) is 31.9 Å². The fourth-order valence-electron chi connectivity index (χ4n) is 4.96. The van der Waals surface area contributed by atoms with Crippen molar-refractivity contribution in [3.8, 4) is 23.0 Å². The summed E-state index contributed by atoms with van der Waals surface area (Å²) in [6.45, 7) is 4.85. The van der Waals surface area contributed by atoms with Crippen molar-refractivity contribution >= 4 is 17.4 Å². The van der Waals surface area contributed by atoms with Crippen molar-refractivity contribution in [3.05, 3.63) is 53.1 Å². The van der Waals surface area contributed by atoms with Crippen LogP contribution in [0.1, 0.15) is 23.6 Å². The average molecular weight is 511 g/mol. The molecule has 196 valence electrons. The second-order valence-corrected chi connectivity index (χ2v) is 9.09. The lowest BCUT2D eigenvalue weighted by molar-refractivity contribution is -0.140. The van der Waals surface area contributed by atoms with E-state index in [0.717, 1.165) is 19.6 Å². The number of carbonyl (C=O) groups is 2. The average Bonchev–Trinajstić information content (AvgIpc) is 3.18. The maximum absolute atomic E-state index is 13.3. The Morgan fingerprint density at radius 2 is 1.76 bits per heavy atom. The molecule has 0 aliphatic carbocycles. The second kappa shape index (κ2) is 10.7. The van der Waals surface area contributed by atoms with Crippen LogP contribution in [0.3, 0.4) is 0 Å². The van der Waals surface area contributed by atoms with Crippen molar-refractivity contribution in [1.29, 1.82) is 0 Å². The number of aliphatic hydroxyl groups is 1. The van der Waals surface area contributed by atoms with Gasteiger partial charge in [0.15, 0.2) is 23.0 Å². The van der Waals surface area contributed by atoms with E-state index in [9.17, 15) is 19.8 Å². The van der Waals surface area contributed by atoms with Crippen LogP contribution < -0.4 is 14.2 Å². The number of amides is 1. The number of ketones is 1. The number of phenols is 1. The summed E-state index contributed by atoms with van der Waals surface area (Å²) >= 11 is 0. The predicted octanol–water partition coefficient (Wildman–Crippen LogP) is 2.32. The number of hydrogen-bond donors (Lipinski definition) is 2. The molecule has 1 atom stereocenters. The maximum Gasteiger partial charge on any atom is 0.295 e. The van der Waals surface area contributed by atoms with Gasteiger partial charge in [0.1, 0.15) is 19.0 Å². The van der Waals surface area contributed by atoms with Crippen LogP contribution in [0.4, 0.5) is 0 Å². The minimum absolute atomic E-state index is 0.0270. The molecule has 2 saturated heterocycles. The van der Waals surface area contributed by atoms with E-state index in [1.807, 2.05) is 0 Å². The first-order chi connectivity index (χ1) is 18.0. The monoisotopic (exact) mass is 510 g/mol. The number of aromatic hydroxyl groups is 1. The number of rotatable bonds is 7. The van der Waals surface area contributed by atoms with E-state index in [1.165, 1.54) is 18.1 Å². The lowest BCUT2D eigenvalue weighted by atomic mass is 9.94. The summed E-state index contributed by atoms with van der Waals surface area (Å²) in [7, 11) is 1.42. The number of hydrogen-bond acceptors (Lipinski definition) is 9. The van der Waals surface area contributed by atoms with Crippen LogP contribution in [-0.2, 0) is 14.3 Å². The Morgan fingerprint density at radius 1 is 1.00 bits per heavy atom. The Hall–Kier alpha value is -3.76. The number of phenolic OH excluding ortho intramolecular Hbond substituents is 1. The Labute approximate surface area is 214 Å². The zero-order valence-electron chi connectivity index (χ0n) is 20.6. The van der Waals surface area contributed by atoms with Crippen molar-refractivity contribution in [1.82, 2.24) is 9.80 Å². The first-order valence-electron chi connectivity index (χ1n) is 12.3. The van der Waals surface area contributed by atoms with Gasteiger partial charge in [-0.1, -0.05) is 6.07 Å². The van der Waals surface area contributed by atoms with Crippen LogP contribution >= 0.6 is 0 Å². The third-order valence-corrected chi connectivity index (χ3v) is 6.85. The van der Waals surface area contributed by atoms with E-state index in [0.29, 0.717) is 62.0 Å². The number of Topliss-reactive ketones (excluding diaryl/α,β-unsaturated/α-hetero) is 1. The number of morpholine rings is 1. The van der Waals surface area contributed by atoms with Crippen LogP contribution in [-0.4, -0.2) is 91.4 Å². The van der Waals surface area contributed by atoms with Gasteiger partial charge in [0.2, 0.25) is 0 Å². The molecule has 10 nitrogen and oxygen atoms in total. The third kappa shape index (κ3) is 4.94. The number of aliphatic hydroxyl groups excluding tert-OH is 1. The van der Waals surface area contributed by atoms with E-state index < -0.39 is 17.7 Å². The van der Waals surface area contributed by atoms with Crippen LogP contribution in [0.25, 0.3) is 5.76 Å². The molecule has 5 rings (SSSR count). The minimum atomic E-state index is -0.854. The van der Waals surface area contributed by atoms with Crippen LogP contribution in [0.15, 0.2) is 42.0 Å². The largest absolute Gasteiger partial charge is 0.507 e. The molecule has 2 N–H and O–H groups in total. The number of likely N-dealkylation sites (tertiary alicyclic amines) is 1. The molecule has 3 aliphatic heterocycles. The zero-order chi connectivity index (χ0) is 25.9. The minimum Gasteiger partial charge on any atom is -0.507 e. The number of fused-ring (bicyclic) bond motifs is 1. The third-order valence-electron chi connectivity index (χ3n) is 6.85. The molecule has 0 unspecified atom stereocenters. The van der Waals surface area contributed by atoms with Crippen molar-refractivity contribution in [2.45, 2.75) is 12.5 Å². The first kappa shape index (κ1) is 24.9. The van der Waals surface area contributed by atoms with E-state index in [-0.39, 0.29) is 22.8 Å². The molecule has 0 spiro atoms. The lowest BCUT2D eigenvalue weighted by Crippen LogP contribution is -2.38. The van der Waals surface area contributed by atoms with E-state index >= 15 is 0 Å². The smallest absolute Gasteiger partial charge is 0.295 e. The molecule has 37 heavy (non-hydrogen) atoms. The van der Waals surface area contributed by atoms with Gasteiger partial charge >= 0.3 is 0 Å². The van der Waals surface area contributed by atoms with Gasteiger partial charge in [0, 0.05) is 31.7 Å². The molecular weight excluding hydrogens is 480 g/mol. The molecular formula is C27H30N2O8. The maximum atomic E-state index is 13.3. The molecule has 0 aromatic heterocycles. The van der Waals surface area contributed by atoms with Crippen LogP contribution in [0, 0.1) is 0 Å². The number of methoxy groups -OCH3 is 1. The van der Waals surface area contributed by atoms with Gasteiger partial charge in [-0.15, -0.1) is 0 Å². The Morgan fingerprint density at radius 3 is 2.51 bits per heavy atom. The fourth-order valence-corrected chi connectivity index (χ4v) is 4.96. The SMILES string of the molecule is COc1cc([C@@H]2C(=C(O)c3ccc4c(c3)OCCO4)C(=O)C(=O)N2CCCN2CCOCC2)ccc1O. The molecule has 2 aromatic rings. The van der Waals surface area contributed by atoms with Crippen molar-refractivity contribution in [2.24, 2.45) is 0 Å². The highest BCUT2D eigenvalue weighted by atomic mass is 16.6. The molecule has 3 aliphatic rings. The molecule has 3 heterocycles. The molecule has 2 aromatic carbocycles. The quantitative estimate of drug-likeness (QED) is 0.329. The summed E-state index contributed by atoms with van der Waals surface area (Å²) in [5.41, 5.74) is 0.853. The normalized spacial score (nSPS) is 21.3. The highest BCUT2D eigenvalue weighted by Gasteiger charge is 2.46. The predicted molar refractivity (Wildman–Crippen MR) is 133 cm³/mol. The van der Waals surface area contributed by atoms with E-state index in [1.54, 1.807) is 30.3 Å². The van der Waals surface area contributed by atoms with Crippen molar-refractivity contribution in [3.63, 3.8) is 0 Å². The Kier molecular flexibility index (Phi) is 7.20. The van der Waals surface area contributed by atoms with Crippen molar-refractivity contribution in [2.75, 3.05) is 59.7 Å². The molecule has 0 bridgehead atoms. The van der Waals surface area contributed by atoms with Crippen LogP contribution in [0.2, 0.25) is 0 Å². The van der Waals surface area contributed by atoms with Gasteiger partial charge < -0.3 is 34.1 Å². The Bertz CT molecular complexity index is 1220. The molecule has 2 fully saturated rings. The fraction of sp³-hybridized carbons (Fsp3) is 0.407. The lowest BCUT2D eigenvalue weighted by Gasteiger charge is -2.29. The van der Waals surface area contributed by atoms with Gasteiger partial charge in [-0.25, -0.2) is 0 Å². The molecule has 0 saturated carbocycles. The number of nitrogens with zero attached hydrogens (tertiary/aromatic N) is 2. The Balaban J connectivity index is 1.51. The number of carbonyl (C=O) groups excluding carboxylic acids is 2. The summed E-state index contributed by atoms with van der Waals surface area (Å²) in [5.74, 6) is -0.612. The summed E-state index contributed by atoms with van der Waals surface area (Å²) in [6, 6.07) is 8.70. The highest BCUT2D eigenvalue weighted by Crippen LogP contribution is 2.43. The van der Waals surface area contributed by atoms with Crippen LogP contribution in [0.5, 0.6) is 23.0 Å². The topological polar surface area (TPSA) is 118 Å². The van der Waals surface area contributed by atoms with Gasteiger partial charge in [-0.3, -0.25) is 14.5 Å². The van der Waals surface area contributed by atoms with Crippen molar-refractivity contribution < 1.29 is 38.7 Å². The standard InChI is InChI=1S/C27H30N2O8/c1-34-21-15-17(3-5-19(21)30)24-23(25(31)18-4-6-20-22(16-18)37-14-13-36-20)26(32)27(33)29(24)8-2-7-28-9-11-35-12-10-28/h3-6,15-16,24,30-31H,2,7-14H2,1H3/t24-/m1/s1. The van der Waals surface area contributed by atoms with Gasteiger partial charge in [-0.05, 0) is 42.3 Å². The zero-order valence-corrected chi connectivity index (χ0v) is 20.6. The highest BCUT2D eigenvalue weighted by molar-refractivity contribution is 6.46. The summed E-state index contributed by atoms with van der Waals surface area (Å²) in [4.78, 5) is 30.3. The second-order valence-electron chi connectivity index (χ2n) is 9.09. The van der Waals surface area contributed by atoms with Gasteiger partial charge in [-0.2, -0.15) is 0 Å². The summed E-state index contributed by atoms with van der Waals surface area (Å²) in [6.07, 6.45) is 0.642.